The summed E-state index contributed by atoms with van der Waals surface area (Å²) in [6, 6.07) is 16.3. The molecule has 0 unspecified atom stereocenters. The summed E-state index contributed by atoms with van der Waals surface area (Å²) in [5.74, 6) is 11.3. The molecule has 3 aromatic rings. The Hall–Kier alpha value is -2.66. The molecule has 0 nitrogen and oxygen atoms in total. The molecule has 30 heavy (non-hydrogen) atoms. The van der Waals surface area contributed by atoms with Crippen LogP contribution >= 0.6 is 23.5 Å². The fourth-order valence-electron chi connectivity index (χ4n) is 2.75. The second-order valence-corrected chi connectivity index (χ2v) is 8.67. The molecule has 0 saturated carbocycles. The minimum atomic E-state index is -0.634. The molecule has 0 aliphatic rings. The Morgan fingerprint density at radius 1 is 0.767 bits per heavy atom. The maximum atomic E-state index is 14.2. The molecule has 4 heteroatoms. The number of aryl methyl sites for hydroxylation is 1. The van der Waals surface area contributed by atoms with Crippen molar-refractivity contribution in [2.45, 2.75) is 23.6 Å². The summed E-state index contributed by atoms with van der Waals surface area (Å²) >= 11 is 3.09. The van der Waals surface area contributed by atoms with Crippen LogP contribution in [0.15, 0.2) is 64.4 Å². The molecule has 0 atom stereocenters. The lowest BCUT2D eigenvalue weighted by molar-refractivity contribution is 0.571. The van der Waals surface area contributed by atoms with Gasteiger partial charge in [0.15, 0.2) is 0 Å². The molecule has 150 valence electrons. The van der Waals surface area contributed by atoms with Crippen LogP contribution in [-0.4, -0.2) is 12.0 Å². The third-order valence-electron chi connectivity index (χ3n) is 4.32. The summed E-state index contributed by atoms with van der Waals surface area (Å²) in [4.78, 5) is 1.77. The van der Waals surface area contributed by atoms with E-state index in [1.165, 1.54) is 28.8 Å². The molecule has 0 aromatic heterocycles. The van der Waals surface area contributed by atoms with Gasteiger partial charge in [-0.05, 0) is 79.1 Å². The number of halogens is 2. The van der Waals surface area contributed by atoms with Gasteiger partial charge in [0, 0.05) is 26.5 Å². The van der Waals surface area contributed by atoms with Gasteiger partial charge in [0.05, 0.1) is 5.56 Å². The van der Waals surface area contributed by atoms with Gasteiger partial charge in [-0.3, -0.25) is 0 Å². The molecule has 0 heterocycles. The maximum absolute atomic E-state index is 14.2. The quantitative estimate of drug-likeness (QED) is 0.325. The zero-order valence-corrected chi connectivity index (χ0v) is 18.6. The Balaban J connectivity index is 1.81. The second-order valence-electron chi connectivity index (χ2n) is 6.45. The van der Waals surface area contributed by atoms with Gasteiger partial charge in [-0.2, -0.15) is 0 Å². The van der Waals surface area contributed by atoms with E-state index in [-0.39, 0.29) is 5.56 Å². The van der Waals surface area contributed by atoms with E-state index in [1.807, 2.05) is 62.6 Å². The molecule has 0 saturated heterocycles. The topological polar surface area (TPSA) is 0 Å². The Bertz CT molecular complexity index is 1150. The van der Waals surface area contributed by atoms with E-state index in [2.05, 4.69) is 23.7 Å². The van der Waals surface area contributed by atoms with Gasteiger partial charge >= 0.3 is 0 Å². The molecule has 0 N–H and O–H groups in total. The zero-order chi connectivity index (χ0) is 21.5. The molecule has 0 aliphatic carbocycles. The third kappa shape index (κ3) is 5.70. The van der Waals surface area contributed by atoms with Crippen molar-refractivity contribution in [3.8, 4) is 23.7 Å². The van der Waals surface area contributed by atoms with Crippen LogP contribution in [0.3, 0.4) is 0 Å². The summed E-state index contributed by atoms with van der Waals surface area (Å²) in [6.45, 7) is 3.88. The molecular formula is C26H20F2S2. The van der Waals surface area contributed by atoms with Crippen LogP contribution in [0.1, 0.15) is 34.7 Å². The number of hydrogen-bond donors (Lipinski definition) is 0. The molecule has 0 fully saturated rings. The lowest BCUT2D eigenvalue weighted by Crippen LogP contribution is -1.92. The van der Waals surface area contributed by atoms with Crippen LogP contribution in [0.5, 0.6) is 0 Å². The molecule has 0 spiro atoms. The van der Waals surface area contributed by atoms with Crippen LogP contribution in [0, 0.1) is 42.2 Å². The van der Waals surface area contributed by atoms with Gasteiger partial charge in [-0.1, -0.05) is 30.6 Å². The highest BCUT2D eigenvalue weighted by Crippen LogP contribution is 2.23. The highest BCUT2D eigenvalue weighted by Gasteiger charge is 2.09. The SMILES string of the molecule is CCSc1cc(F)c(C#Cc2ccc(C#Cc3ccc(SC)cc3)c(C)c2)c(F)c1. The third-order valence-corrected chi connectivity index (χ3v) is 5.92. The fraction of sp³-hybridized carbons (Fsp3) is 0.154. The average molecular weight is 435 g/mol. The van der Waals surface area contributed by atoms with Gasteiger partial charge in [0.25, 0.3) is 0 Å². The van der Waals surface area contributed by atoms with E-state index in [1.54, 1.807) is 11.8 Å². The predicted octanol–water partition coefficient (Wildman–Crippen LogP) is 6.91. The highest BCUT2D eigenvalue weighted by molar-refractivity contribution is 7.99. The Kier molecular flexibility index (Phi) is 7.63. The van der Waals surface area contributed by atoms with Gasteiger partial charge in [-0.15, -0.1) is 23.5 Å². The normalized spacial score (nSPS) is 10.0. The van der Waals surface area contributed by atoms with E-state index in [0.717, 1.165) is 22.4 Å². The van der Waals surface area contributed by atoms with Crippen molar-refractivity contribution in [3.63, 3.8) is 0 Å². The maximum Gasteiger partial charge on any atom is 0.142 e. The standard InChI is InChI=1S/C26H20F2S2/c1-4-30-23-16-25(27)24(26(28)17-23)14-9-20-6-11-21(18(2)15-20)10-5-19-7-12-22(29-3)13-8-19/h6-8,11-13,15-17H,4H2,1-3H3. The monoisotopic (exact) mass is 434 g/mol. The van der Waals surface area contributed by atoms with E-state index in [4.69, 9.17) is 0 Å². The van der Waals surface area contributed by atoms with E-state index >= 15 is 0 Å². The molecular weight excluding hydrogens is 414 g/mol. The van der Waals surface area contributed by atoms with Crippen LogP contribution in [0.4, 0.5) is 8.78 Å². The molecule has 3 aromatic carbocycles. The minimum Gasteiger partial charge on any atom is -0.205 e. The van der Waals surface area contributed by atoms with Crippen molar-refractivity contribution >= 4 is 23.5 Å². The largest absolute Gasteiger partial charge is 0.205 e. The smallest absolute Gasteiger partial charge is 0.142 e. The number of hydrogen-bond acceptors (Lipinski definition) is 2. The lowest BCUT2D eigenvalue weighted by Gasteiger charge is -2.02. The Morgan fingerprint density at radius 3 is 2.00 bits per heavy atom. The first-order valence-electron chi connectivity index (χ1n) is 9.40. The highest BCUT2D eigenvalue weighted by atomic mass is 32.2. The summed E-state index contributed by atoms with van der Waals surface area (Å²) < 4.78 is 28.4. The fourth-order valence-corrected chi connectivity index (χ4v) is 3.86. The Labute approximate surface area is 185 Å². The van der Waals surface area contributed by atoms with E-state index in [9.17, 15) is 8.78 Å². The zero-order valence-electron chi connectivity index (χ0n) is 17.0. The van der Waals surface area contributed by atoms with Crippen molar-refractivity contribution in [3.05, 3.63) is 94.0 Å². The minimum absolute atomic E-state index is 0.203. The summed E-state index contributed by atoms with van der Waals surface area (Å²) in [5, 5.41) is 0. The first-order valence-corrected chi connectivity index (χ1v) is 11.6. The van der Waals surface area contributed by atoms with Gasteiger partial charge < -0.3 is 0 Å². The summed E-state index contributed by atoms with van der Waals surface area (Å²) in [6.07, 6.45) is 2.04. The van der Waals surface area contributed by atoms with Crippen LogP contribution in [-0.2, 0) is 0 Å². The van der Waals surface area contributed by atoms with Crippen LogP contribution in [0.2, 0.25) is 0 Å². The molecule has 0 radical (unpaired) electrons. The lowest BCUT2D eigenvalue weighted by atomic mass is 10.0. The number of rotatable bonds is 3. The van der Waals surface area contributed by atoms with Crippen molar-refractivity contribution in [1.82, 2.24) is 0 Å². The van der Waals surface area contributed by atoms with Gasteiger partial charge in [-0.25, -0.2) is 8.78 Å². The second kappa shape index (κ2) is 10.4. The van der Waals surface area contributed by atoms with Crippen molar-refractivity contribution < 1.29 is 8.78 Å². The van der Waals surface area contributed by atoms with Crippen LogP contribution in [0.25, 0.3) is 0 Å². The first-order chi connectivity index (χ1) is 14.5. The number of benzene rings is 3. The van der Waals surface area contributed by atoms with E-state index in [0.29, 0.717) is 10.5 Å². The summed E-state index contributed by atoms with van der Waals surface area (Å²) in [7, 11) is 0. The van der Waals surface area contributed by atoms with E-state index < -0.39 is 11.6 Å². The van der Waals surface area contributed by atoms with Gasteiger partial charge in [0.1, 0.15) is 11.6 Å². The predicted molar refractivity (Wildman–Crippen MR) is 124 cm³/mol. The summed E-state index contributed by atoms with van der Waals surface area (Å²) in [5.41, 5.74) is 3.30. The van der Waals surface area contributed by atoms with Crippen molar-refractivity contribution in [1.29, 1.82) is 0 Å². The van der Waals surface area contributed by atoms with Crippen LogP contribution < -0.4 is 0 Å². The molecule has 3 rings (SSSR count). The van der Waals surface area contributed by atoms with Crippen molar-refractivity contribution in [2.24, 2.45) is 0 Å². The average Bonchev–Trinajstić information content (AvgIpc) is 2.73. The Morgan fingerprint density at radius 2 is 1.40 bits per heavy atom. The van der Waals surface area contributed by atoms with Gasteiger partial charge in [0.2, 0.25) is 0 Å². The van der Waals surface area contributed by atoms with Crippen molar-refractivity contribution in [2.75, 3.05) is 12.0 Å². The molecule has 0 amide bonds. The number of thioether (sulfide) groups is 2. The molecule has 0 bridgehead atoms. The first kappa shape index (κ1) is 22.0. The molecule has 0 aliphatic heterocycles.